The van der Waals surface area contributed by atoms with Gasteiger partial charge in [0.15, 0.2) is 17.1 Å². The van der Waals surface area contributed by atoms with Crippen molar-refractivity contribution in [3.8, 4) is 11.5 Å². The van der Waals surface area contributed by atoms with Crippen molar-refractivity contribution in [2.45, 2.75) is 39.2 Å². The normalized spacial score (nSPS) is 13.5. The van der Waals surface area contributed by atoms with Gasteiger partial charge in [-0.3, -0.25) is 14.5 Å². The van der Waals surface area contributed by atoms with E-state index in [1.807, 2.05) is 0 Å². The van der Waals surface area contributed by atoms with Crippen LogP contribution >= 0.6 is 7.82 Å². The average molecular weight is 448 g/mol. The molecule has 0 spiro atoms. The number of carbonyl (C=O) groups excluding carboxylic acids is 3. The van der Waals surface area contributed by atoms with Crippen LogP contribution in [0, 0.1) is 0 Å². The van der Waals surface area contributed by atoms with Crippen LogP contribution in [0.4, 0.5) is 0 Å². The van der Waals surface area contributed by atoms with Crippen LogP contribution in [0.3, 0.4) is 0 Å². The second-order valence-electron chi connectivity index (χ2n) is 5.81. The van der Waals surface area contributed by atoms with Crippen molar-refractivity contribution in [3.63, 3.8) is 0 Å². The van der Waals surface area contributed by atoms with Crippen molar-refractivity contribution in [1.29, 1.82) is 0 Å². The lowest BCUT2D eigenvalue weighted by atomic mass is 9.95. The van der Waals surface area contributed by atoms with Gasteiger partial charge >= 0.3 is 25.7 Å². The van der Waals surface area contributed by atoms with Gasteiger partial charge in [-0.25, -0.2) is 9.36 Å². The van der Waals surface area contributed by atoms with Crippen molar-refractivity contribution in [2.75, 3.05) is 19.8 Å². The Hall–Kier alpha value is -2.62. The van der Waals surface area contributed by atoms with E-state index in [-0.39, 0.29) is 19.8 Å². The molecule has 0 fully saturated rings. The first kappa shape index (κ1) is 25.4. The summed E-state index contributed by atoms with van der Waals surface area (Å²) in [5.41, 5.74) is -2.26. The molecular formula is C18H25O11P. The quantitative estimate of drug-likeness (QED) is 0.339. The molecule has 11 nitrogen and oxygen atoms in total. The van der Waals surface area contributed by atoms with Crippen molar-refractivity contribution >= 4 is 25.7 Å². The minimum absolute atomic E-state index is 0.0206. The summed E-state index contributed by atoms with van der Waals surface area (Å²) in [7, 11) is -3.83. The minimum atomic E-state index is -3.83. The number of rotatable bonds is 8. The lowest BCUT2D eigenvalue weighted by Crippen LogP contribution is -2.44. The van der Waals surface area contributed by atoms with Gasteiger partial charge in [0.05, 0.1) is 32.7 Å². The zero-order valence-corrected chi connectivity index (χ0v) is 17.8. The Morgan fingerprint density at radius 1 is 0.900 bits per heavy atom. The number of esters is 3. The van der Waals surface area contributed by atoms with Crippen LogP contribution in [0.5, 0.6) is 11.5 Å². The number of fused-ring (bicyclic) bond motifs is 1. The number of phosphoric acid groups is 1. The molecule has 30 heavy (non-hydrogen) atoms. The molecule has 0 aliphatic carbocycles. The standard InChI is InChI=1S/C12H20O7.C6H5O4P/c1-4-17-9(13)7-12(16,11(15)19-6-3)8-10(14)18-5-2;7-11(8)9-5-3-1-2-4-6(5)10-11/h16H,4-8H2,1-3H3;1-4H,(H,7,8). The van der Waals surface area contributed by atoms with E-state index in [4.69, 9.17) is 4.89 Å². The number of hydrogen-bond acceptors (Lipinski definition) is 10. The summed E-state index contributed by atoms with van der Waals surface area (Å²) >= 11 is 0. The fraction of sp³-hybridized carbons (Fsp3) is 0.500. The maximum atomic E-state index is 11.7. The second kappa shape index (κ2) is 11.5. The third-order valence-corrected chi connectivity index (χ3v) is 4.27. The van der Waals surface area contributed by atoms with Crippen LogP contribution in [0.2, 0.25) is 0 Å². The highest BCUT2D eigenvalue weighted by atomic mass is 31.2. The molecule has 0 atom stereocenters. The summed E-state index contributed by atoms with van der Waals surface area (Å²) in [6.07, 6.45) is -1.31. The predicted molar refractivity (Wildman–Crippen MR) is 102 cm³/mol. The summed E-state index contributed by atoms with van der Waals surface area (Å²) < 4.78 is 33.9. The highest BCUT2D eigenvalue weighted by molar-refractivity contribution is 7.48. The smallest absolute Gasteiger partial charge is 0.466 e. The van der Waals surface area contributed by atoms with Gasteiger partial charge in [-0.2, -0.15) is 0 Å². The Kier molecular flexibility index (Phi) is 9.77. The summed E-state index contributed by atoms with van der Waals surface area (Å²) in [5, 5.41) is 10.1. The zero-order valence-electron chi connectivity index (χ0n) is 16.9. The van der Waals surface area contributed by atoms with E-state index in [2.05, 4.69) is 23.3 Å². The third-order valence-electron chi connectivity index (χ3n) is 3.42. The van der Waals surface area contributed by atoms with Crippen molar-refractivity contribution < 1.29 is 52.2 Å². The van der Waals surface area contributed by atoms with E-state index in [1.54, 1.807) is 45.0 Å². The molecule has 1 heterocycles. The Bertz CT molecular complexity index is 743. The number of carbonyl (C=O) groups is 3. The topological polar surface area (TPSA) is 155 Å². The van der Waals surface area contributed by atoms with Crippen molar-refractivity contribution in [3.05, 3.63) is 24.3 Å². The number of benzene rings is 1. The molecule has 0 aromatic heterocycles. The molecule has 0 saturated carbocycles. The fourth-order valence-electron chi connectivity index (χ4n) is 2.24. The molecule has 2 rings (SSSR count). The van der Waals surface area contributed by atoms with Crippen LogP contribution in [-0.4, -0.2) is 53.3 Å². The monoisotopic (exact) mass is 448 g/mol. The average Bonchev–Trinajstić information content (AvgIpc) is 2.96. The summed E-state index contributed by atoms with van der Waals surface area (Å²) in [5.74, 6) is -1.99. The Balaban J connectivity index is 0.000000340. The third kappa shape index (κ3) is 8.02. The van der Waals surface area contributed by atoms with Crippen LogP contribution in [0.25, 0.3) is 0 Å². The molecule has 1 aliphatic heterocycles. The Morgan fingerprint density at radius 2 is 1.30 bits per heavy atom. The van der Waals surface area contributed by atoms with Gasteiger partial charge in [0.25, 0.3) is 0 Å². The molecule has 1 aromatic carbocycles. The number of ether oxygens (including phenoxy) is 3. The molecular weight excluding hydrogens is 423 g/mol. The maximum Gasteiger partial charge on any atom is 0.585 e. The number of aliphatic hydroxyl groups is 1. The highest BCUT2D eigenvalue weighted by Crippen LogP contribution is 2.54. The van der Waals surface area contributed by atoms with Gasteiger partial charge in [-0.05, 0) is 32.9 Å². The molecule has 0 saturated heterocycles. The fourth-order valence-corrected chi connectivity index (χ4v) is 3.08. The van der Waals surface area contributed by atoms with E-state index in [0.29, 0.717) is 11.5 Å². The summed E-state index contributed by atoms with van der Waals surface area (Å²) in [6.45, 7) is 4.97. The van der Waals surface area contributed by atoms with Gasteiger partial charge in [-0.1, -0.05) is 12.1 Å². The summed E-state index contributed by atoms with van der Waals surface area (Å²) in [6, 6.07) is 6.55. The van der Waals surface area contributed by atoms with Crippen molar-refractivity contribution in [2.24, 2.45) is 0 Å². The molecule has 12 heteroatoms. The molecule has 168 valence electrons. The molecule has 0 radical (unpaired) electrons. The molecule has 1 aromatic rings. The second-order valence-corrected chi connectivity index (χ2v) is 7.12. The lowest BCUT2D eigenvalue weighted by molar-refractivity contribution is -0.177. The molecule has 0 amide bonds. The first-order chi connectivity index (χ1) is 14.1. The van der Waals surface area contributed by atoms with E-state index < -0.39 is 44.2 Å². The van der Waals surface area contributed by atoms with Gasteiger partial charge in [-0.15, -0.1) is 0 Å². The van der Waals surface area contributed by atoms with E-state index in [9.17, 15) is 24.1 Å². The molecule has 2 N–H and O–H groups in total. The Labute approximate surface area is 173 Å². The van der Waals surface area contributed by atoms with Gasteiger partial charge in [0.2, 0.25) is 0 Å². The number of phosphoric ester groups is 1. The largest absolute Gasteiger partial charge is 0.585 e. The van der Waals surface area contributed by atoms with Crippen LogP contribution in [0.1, 0.15) is 33.6 Å². The predicted octanol–water partition coefficient (Wildman–Crippen LogP) is 1.75. The zero-order chi connectivity index (χ0) is 22.8. The van der Waals surface area contributed by atoms with Crippen LogP contribution < -0.4 is 9.05 Å². The van der Waals surface area contributed by atoms with E-state index in [0.717, 1.165) is 0 Å². The van der Waals surface area contributed by atoms with Gasteiger partial charge in [0.1, 0.15) is 0 Å². The molecule has 0 bridgehead atoms. The van der Waals surface area contributed by atoms with Gasteiger partial charge < -0.3 is 28.4 Å². The van der Waals surface area contributed by atoms with Crippen LogP contribution in [0.15, 0.2) is 24.3 Å². The van der Waals surface area contributed by atoms with E-state index in [1.165, 1.54) is 0 Å². The van der Waals surface area contributed by atoms with Gasteiger partial charge in [0, 0.05) is 0 Å². The first-order valence-corrected chi connectivity index (χ1v) is 10.6. The number of para-hydroxylation sites is 2. The molecule has 0 unspecified atom stereocenters. The van der Waals surface area contributed by atoms with Crippen LogP contribution in [-0.2, 0) is 33.2 Å². The highest BCUT2D eigenvalue weighted by Gasteiger charge is 2.43. The molecule has 1 aliphatic rings. The van der Waals surface area contributed by atoms with Crippen molar-refractivity contribution in [1.82, 2.24) is 0 Å². The SMILES string of the molecule is CCOC(=O)CC(O)(CC(=O)OCC)C(=O)OCC.O=P1(O)Oc2ccccc2O1. The summed E-state index contributed by atoms with van der Waals surface area (Å²) in [4.78, 5) is 43.2. The Morgan fingerprint density at radius 3 is 1.67 bits per heavy atom. The minimum Gasteiger partial charge on any atom is -0.466 e. The number of hydrogen-bond donors (Lipinski definition) is 2. The van der Waals surface area contributed by atoms with E-state index >= 15 is 0 Å². The maximum absolute atomic E-state index is 11.7. The first-order valence-electron chi connectivity index (χ1n) is 9.08. The lowest BCUT2D eigenvalue weighted by Gasteiger charge is -2.23.